The fraction of sp³-hybridized carbons (Fsp3) is 0.433. The van der Waals surface area contributed by atoms with Crippen molar-refractivity contribution in [2.45, 2.75) is 84.5 Å². The zero-order valence-electron chi connectivity index (χ0n) is 19.8. The summed E-state index contributed by atoms with van der Waals surface area (Å²) in [5.41, 5.74) is 6.80. The van der Waals surface area contributed by atoms with Gasteiger partial charge < -0.3 is 0 Å². The standard InChI is InChI=1S/C30H38O/c1-5-15-25-26(16-6-2)28(18-8-4)30(23-19-11-9-12-20-23,24-21-13-10-14-22-24)29(31)27(25)17-7-3/h9-14,19-22H,5-8,15-18H2,1-4H3. The van der Waals surface area contributed by atoms with Gasteiger partial charge in [0.1, 0.15) is 5.41 Å². The van der Waals surface area contributed by atoms with Crippen LogP contribution < -0.4 is 0 Å². The van der Waals surface area contributed by atoms with Gasteiger partial charge in [-0.1, -0.05) is 114 Å². The van der Waals surface area contributed by atoms with E-state index in [1.54, 1.807) is 0 Å². The molecule has 1 nitrogen and oxygen atoms in total. The van der Waals surface area contributed by atoms with E-state index in [2.05, 4.69) is 88.4 Å². The Bertz CT molecular complexity index is 891. The highest BCUT2D eigenvalue weighted by atomic mass is 16.1. The lowest BCUT2D eigenvalue weighted by Crippen LogP contribution is -2.44. The van der Waals surface area contributed by atoms with Gasteiger partial charge in [-0.25, -0.2) is 0 Å². The molecule has 0 saturated carbocycles. The minimum absolute atomic E-state index is 0.318. The molecule has 3 rings (SSSR count). The second-order valence-electron chi connectivity index (χ2n) is 8.73. The van der Waals surface area contributed by atoms with E-state index in [9.17, 15) is 4.79 Å². The molecule has 0 radical (unpaired) electrons. The summed E-state index contributed by atoms with van der Waals surface area (Å²) >= 11 is 0. The second kappa shape index (κ2) is 10.8. The topological polar surface area (TPSA) is 17.1 Å². The van der Waals surface area contributed by atoms with E-state index in [1.807, 2.05) is 0 Å². The Morgan fingerprint density at radius 2 is 0.968 bits per heavy atom. The Hall–Kier alpha value is -2.41. The van der Waals surface area contributed by atoms with Crippen LogP contribution in [0.2, 0.25) is 0 Å². The maximum absolute atomic E-state index is 14.7. The summed E-state index contributed by atoms with van der Waals surface area (Å²) < 4.78 is 0. The molecule has 0 aromatic heterocycles. The number of Topliss-reactive ketones (excluding diaryl/α,β-unsaturated/α-hetero) is 1. The summed E-state index contributed by atoms with van der Waals surface area (Å²) in [4.78, 5) is 14.7. The fourth-order valence-electron chi connectivity index (χ4n) is 5.45. The van der Waals surface area contributed by atoms with Gasteiger partial charge in [-0.3, -0.25) is 4.79 Å². The first-order valence-electron chi connectivity index (χ1n) is 12.3. The van der Waals surface area contributed by atoms with Crippen LogP contribution in [0, 0.1) is 0 Å². The third kappa shape index (κ3) is 4.20. The number of carbonyl (C=O) groups is 1. The van der Waals surface area contributed by atoms with Crippen LogP contribution in [0.5, 0.6) is 0 Å². The molecular formula is C30H38O. The molecule has 0 aliphatic heterocycles. The van der Waals surface area contributed by atoms with E-state index in [0.29, 0.717) is 5.78 Å². The number of hydrogen-bond acceptors (Lipinski definition) is 1. The number of carbonyl (C=O) groups excluding carboxylic acids is 1. The van der Waals surface area contributed by atoms with Gasteiger partial charge in [0.05, 0.1) is 0 Å². The van der Waals surface area contributed by atoms with Crippen LogP contribution in [0.15, 0.2) is 83.0 Å². The first kappa shape index (κ1) is 23.3. The molecule has 0 amide bonds. The Morgan fingerprint density at radius 1 is 0.548 bits per heavy atom. The van der Waals surface area contributed by atoms with Crippen LogP contribution >= 0.6 is 0 Å². The summed E-state index contributed by atoms with van der Waals surface area (Å²) in [5.74, 6) is 0.318. The molecule has 1 aliphatic carbocycles. The van der Waals surface area contributed by atoms with Crippen LogP contribution in [0.1, 0.15) is 90.2 Å². The molecule has 0 fully saturated rings. The van der Waals surface area contributed by atoms with Crippen molar-refractivity contribution >= 4 is 5.78 Å². The van der Waals surface area contributed by atoms with Crippen LogP contribution in [-0.4, -0.2) is 5.78 Å². The van der Waals surface area contributed by atoms with Crippen LogP contribution in [0.4, 0.5) is 0 Å². The molecule has 0 saturated heterocycles. The number of rotatable bonds is 10. The van der Waals surface area contributed by atoms with Crippen molar-refractivity contribution in [3.63, 3.8) is 0 Å². The summed E-state index contributed by atoms with van der Waals surface area (Å²) in [7, 11) is 0. The third-order valence-corrected chi connectivity index (χ3v) is 6.57. The van der Waals surface area contributed by atoms with E-state index < -0.39 is 5.41 Å². The third-order valence-electron chi connectivity index (χ3n) is 6.57. The minimum Gasteiger partial charge on any atom is -0.293 e. The maximum atomic E-state index is 14.7. The van der Waals surface area contributed by atoms with E-state index in [0.717, 1.165) is 68.1 Å². The Labute approximate surface area is 189 Å². The van der Waals surface area contributed by atoms with E-state index in [4.69, 9.17) is 0 Å². The molecular weight excluding hydrogens is 376 g/mol. The normalized spacial score (nSPS) is 16.2. The molecule has 0 N–H and O–H groups in total. The van der Waals surface area contributed by atoms with Crippen molar-refractivity contribution in [2.75, 3.05) is 0 Å². The zero-order chi connectivity index (χ0) is 22.3. The Balaban J connectivity index is 2.47. The molecule has 0 unspecified atom stereocenters. The van der Waals surface area contributed by atoms with E-state index >= 15 is 0 Å². The number of allylic oxidation sites excluding steroid dienone is 4. The lowest BCUT2D eigenvalue weighted by atomic mass is 9.58. The van der Waals surface area contributed by atoms with Crippen LogP contribution in [0.3, 0.4) is 0 Å². The number of ketones is 1. The molecule has 0 heterocycles. The highest BCUT2D eigenvalue weighted by Gasteiger charge is 2.49. The van der Waals surface area contributed by atoms with Crippen molar-refractivity contribution < 1.29 is 4.79 Å². The number of benzene rings is 2. The molecule has 0 bridgehead atoms. The first-order chi connectivity index (χ1) is 15.2. The molecule has 2 aromatic rings. The van der Waals surface area contributed by atoms with E-state index in [1.165, 1.54) is 16.7 Å². The smallest absolute Gasteiger partial charge is 0.178 e. The first-order valence-corrected chi connectivity index (χ1v) is 12.3. The quantitative estimate of drug-likeness (QED) is 0.382. The molecule has 2 aromatic carbocycles. The van der Waals surface area contributed by atoms with Gasteiger partial charge in [0.15, 0.2) is 5.78 Å². The van der Waals surface area contributed by atoms with E-state index in [-0.39, 0.29) is 0 Å². The van der Waals surface area contributed by atoms with Crippen molar-refractivity contribution in [2.24, 2.45) is 0 Å². The maximum Gasteiger partial charge on any atom is 0.178 e. The summed E-state index contributed by atoms with van der Waals surface area (Å²) in [6, 6.07) is 21.1. The lowest BCUT2D eigenvalue weighted by Gasteiger charge is -2.43. The molecule has 164 valence electrons. The highest BCUT2D eigenvalue weighted by molar-refractivity contribution is 6.11. The molecule has 1 aliphatic rings. The van der Waals surface area contributed by atoms with Crippen molar-refractivity contribution in [3.05, 3.63) is 94.1 Å². The highest BCUT2D eigenvalue weighted by Crippen LogP contribution is 2.51. The zero-order valence-corrected chi connectivity index (χ0v) is 19.8. The van der Waals surface area contributed by atoms with Gasteiger partial charge in [-0.2, -0.15) is 0 Å². The average molecular weight is 415 g/mol. The van der Waals surface area contributed by atoms with Gasteiger partial charge >= 0.3 is 0 Å². The van der Waals surface area contributed by atoms with Gasteiger partial charge in [0.25, 0.3) is 0 Å². The molecule has 0 atom stereocenters. The van der Waals surface area contributed by atoms with Gasteiger partial charge in [-0.05, 0) is 53.5 Å². The number of hydrogen-bond donors (Lipinski definition) is 0. The van der Waals surface area contributed by atoms with Crippen molar-refractivity contribution in [3.8, 4) is 0 Å². The lowest BCUT2D eigenvalue weighted by molar-refractivity contribution is -0.119. The predicted octanol–water partition coefficient (Wildman–Crippen LogP) is 8.35. The molecule has 1 heteroatoms. The minimum atomic E-state index is -0.704. The van der Waals surface area contributed by atoms with Crippen molar-refractivity contribution in [1.29, 1.82) is 0 Å². The van der Waals surface area contributed by atoms with Crippen LogP contribution in [-0.2, 0) is 10.2 Å². The second-order valence-corrected chi connectivity index (χ2v) is 8.73. The summed E-state index contributed by atoms with van der Waals surface area (Å²) in [6.45, 7) is 8.94. The average Bonchev–Trinajstić information content (AvgIpc) is 2.80. The van der Waals surface area contributed by atoms with Gasteiger partial charge in [-0.15, -0.1) is 0 Å². The monoisotopic (exact) mass is 414 g/mol. The Kier molecular flexibility index (Phi) is 8.07. The summed E-state index contributed by atoms with van der Waals surface area (Å²) in [5, 5.41) is 0. The summed E-state index contributed by atoms with van der Waals surface area (Å²) in [6.07, 6.45) is 8.08. The van der Waals surface area contributed by atoms with Gasteiger partial charge in [0, 0.05) is 5.57 Å². The van der Waals surface area contributed by atoms with Crippen LogP contribution in [0.25, 0.3) is 0 Å². The van der Waals surface area contributed by atoms with Crippen molar-refractivity contribution in [1.82, 2.24) is 0 Å². The fourth-order valence-corrected chi connectivity index (χ4v) is 5.45. The largest absolute Gasteiger partial charge is 0.293 e. The predicted molar refractivity (Wildman–Crippen MR) is 132 cm³/mol. The Morgan fingerprint density at radius 3 is 1.42 bits per heavy atom. The SMILES string of the molecule is CCCC1=C(CCC)C(CCC)=C(CCC)C(c2ccccc2)(c2ccccc2)C1=O. The molecule has 31 heavy (non-hydrogen) atoms. The molecule has 0 spiro atoms. The van der Waals surface area contributed by atoms with Gasteiger partial charge in [0.2, 0.25) is 0 Å².